The molecule has 80 valence electrons. The molecule has 0 atom stereocenters. The minimum Gasteiger partial charge on any atom is -0.258 e. The lowest BCUT2D eigenvalue weighted by Crippen LogP contribution is -2.00. The highest BCUT2D eigenvalue weighted by Gasteiger charge is 2.33. The first-order valence-electron chi connectivity index (χ1n) is 5.27. The highest BCUT2D eigenvalue weighted by molar-refractivity contribution is 5.55. The molecule has 0 unspecified atom stereocenters. The molecule has 3 heteroatoms. The van der Waals surface area contributed by atoms with Crippen LogP contribution in [0.4, 0.5) is 5.69 Å². The molecule has 1 aliphatic carbocycles. The van der Waals surface area contributed by atoms with E-state index in [1.54, 1.807) is 6.07 Å². The lowest BCUT2D eigenvalue weighted by molar-refractivity contribution is -0.385. The monoisotopic (exact) mass is 205 g/mol. The van der Waals surface area contributed by atoms with Crippen LogP contribution in [0.2, 0.25) is 0 Å². The molecule has 1 fully saturated rings. The summed E-state index contributed by atoms with van der Waals surface area (Å²) in [6, 6.07) is 1.72. The summed E-state index contributed by atoms with van der Waals surface area (Å²) in [4.78, 5) is 10.7. The summed E-state index contributed by atoms with van der Waals surface area (Å²) in [5, 5.41) is 11.0. The minimum atomic E-state index is -0.243. The number of nitro groups is 1. The third-order valence-corrected chi connectivity index (χ3v) is 3.37. The molecule has 0 bridgehead atoms. The molecule has 1 aliphatic rings. The van der Waals surface area contributed by atoms with Crippen LogP contribution in [0.15, 0.2) is 6.07 Å². The molecule has 2 rings (SSSR count). The van der Waals surface area contributed by atoms with Crippen LogP contribution in [-0.4, -0.2) is 4.92 Å². The lowest BCUT2D eigenvalue weighted by atomic mass is 9.94. The first kappa shape index (κ1) is 10.1. The molecule has 3 nitrogen and oxygen atoms in total. The van der Waals surface area contributed by atoms with E-state index in [1.807, 2.05) is 20.8 Å². The van der Waals surface area contributed by atoms with Gasteiger partial charge in [0.05, 0.1) is 4.92 Å². The van der Waals surface area contributed by atoms with Crippen LogP contribution in [-0.2, 0) is 0 Å². The zero-order valence-corrected chi connectivity index (χ0v) is 9.33. The summed E-state index contributed by atoms with van der Waals surface area (Å²) in [6.45, 7) is 5.98. The van der Waals surface area contributed by atoms with Crippen molar-refractivity contribution in [1.82, 2.24) is 0 Å². The molecule has 0 radical (unpaired) electrons. The van der Waals surface area contributed by atoms with Gasteiger partial charge in [0.15, 0.2) is 0 Å². The van der Waals surface area contributed by atoms with Crippen molar-refractivity contribution in [2.75, 3.05) is 0 Å². The molecule has 1 aromatic carbocycles. The summed E-state index contributed by atoms with van der Waals surface area (Å²) in [5.74, 6) is 0.435. The molecule has 0 N–H and O–H groups in total. The molecular formula is C12H15NO2. The van der Waals surface area contributed by atoms with Crippen LogP contribution in [0, 0.1) is 30.9 Å². The van der Waals surface area contributed by atoms with Crippen molar-refractivity contribution in [1.29, 1.82) is 0 Å². The van der Waals surface area contributed by atoms with Crippen molar-refractivity contribution in [3.8, 4) is 0 Å². The van der Waals surface area contributed by atoms with E-state index >= 15 is 0 Å². The summed E-state index contributed by atoms with van der Waals surface area (Å²) in [5.41, 5.74) is 4.62. The fourth-order valence-electron chi connectivity index (χ4n) is 2.12. The number of nitrogens with zero attached hydrogens (tertiary/aromatic N) is 1. The first-order valence-corrected chi connectivity index (χ1v) is 5.27. The van der Waals surface area contributed by atoms with E-state index in [0.717, 1.165) is 29.5 Å². The van der Waals surface area contributed by atoms with E-state index in [4.69, 9.17) is 0 Å². The molecule has 0 saturated heterocycles. The quantitative estimate of drug-likeness (QED) is 0.548. The lowest BCUT2D eigenvalue weighted by Gasteiger charge is -2.11. The summed E-state index contributed by atoms with van der Waals surface area (Å²) in [7, 11) is 0. The number of aryl methyl sites for hydroxylation is 1. The topological polar surface area (TPSA) is 43.1 Å². The number of benzene rings is 1. The normalized spacial score (nSPS) is 15.4. The first-order chi connectivity index (χ1) is 7.02. The van der Waals surface area contributed by atoms with Crippen molar-refractivity contribution >= 4 is 5.69 Å². The van der Waals surface area contributed by atoms with E-state index in [-0.39, 0.29) is 4.92 Å². The summed E-state index contributed by atoms with van der Waals surface area (Å²) < 4.78 is 0. The number of hydrogen-bond donors (Lipinski definition) is 0. The van der Waals surface area contributed by atoms with E-state index in [0.29, 0.717) is 11.6 Å². The fraction of sp³-hybridized carbons (Fsp3) is 0.500. The third kappa shape index (κ3) is 1.62. The van der Waals surface area contributed by atoms with Gasteiger partial charge in [0, 0.05) is 11.6 Å². The molecule has 0 heterocycles. The Morgan fingerprint density at radius 3 is 2.33 bits per heavy atom. The van der Waals surface area contributed by atoms with Crippen molar-refractivity contribution in [3.63, 3.8) is 0 Å². The molecule has 1 saturated carbocycles. The second-order valence-electron chi connectivity index (χ2n) is 4.41. The van der Waals surface area contributed by atoms with Gasteiger partial charge in [-0.3, -0.25) is 10.1 Å². The van der Waals surface area contributed by atoms with Gasteiger partial charge in [-0.15, -0.1) is 0 Å². The fourth-order valence-corrected chi connectivity index (χ4v) is 2.12. The average molecular weight is 205 g/mol. The zero-order valence-electron chi connectivity index (χ0n) is 9.33. The van der Waals surface area contributed by atoms with E-state index < -0.39 is 0 Å². The van der Waals surface area contributed by atoms with Crippen molar-refractivity contribution in [2.45, 2.75) is 39.5 Å². The van der Waals surface area contributed by atoms with Gasteiger partial charge < -0.3 is 0 Å². The Morgan fingerprint density at radius 1 is 1.27 bits per heavy atom. The second kappa shape index (κ2) is 3.33. The van der Waals surface area contributed by atoms with Crippen LogP contribution in [0.25, 0.3) is 0 Å². The SMILES string of the molecule is Cc1cc([N+](=O)[O-])c(C2CC2)c(C)c1C. The number of hydrogen-bond acceptors (Lipinski definition) is 2. The molecule has 0 amide bonds. The van der Waals surface area contributed by atoms with E-state index in [9.17, 15) is 10.1 Å². The Morgan fingerprint density at radius 2 is 1.87 bits per heavy atom. The van der Waals surface area contributed by atoms with Crippen LogP contribution in [0.3, 0.4) is 0 Å². The second-order valence-corrected chi connectivity index (χ2v) is 4.41. The van der Waals surface area contributed by atoms with Crippen LogP contribution < -0.4 is 0 Å². The van der Waals surface area contributed by atoms with Gasteiger partial charge in [0.1, 0.15) is 0 Å². The molecule has 0 spiro atoms. The standard InChI is InChI=1S/C12H15NO2/c1-7-6-11(13(14)15)12(10-4-5-10)9(3)8(7)2/h6,10H,4-5H2,1-3H3. The minimum absolute atomic E-state index is 0.243. The Kier molecular flexibility index (Phi) is 2.25. The summed E-state index contributed by atoms with van der Waals surface area (Å²) >= 11 is 0. The van der Waals surface area contributed by atoms with Gasteiger partial charge >= 0.3 is 0 Å². The largest absolute Gasteiger partial charge is 0.273 e. The maximum Gasteiger partial charge on any atom is 0.273 e. The Labute approximate surface area is 89.3 Å². The molecule has 15 heavy (non-hydrogen) atoms. The Hall–Kier alpha value is -1.38. The highest BCUT2D eigenvalue weighted by Crippen LogP contribution is 2.46. The average Bonchev–Trinajstić information content (AvgIpc) is 2.97. The van der Waals surface area contributed by atoms with E-state index in [1.165, 1.54) is 5.56 Å². The van der Waals surface area contributed by atoms with Gasteiger partial charge in [0.25, 0.3) is 5.69 Å². The van der Waals surface area contributed by atoms with Gasteiger partial charge in [-0.05, 0) is 56.2 Å². The van der Waals surface area contributed by atoms with E-state index in [2.05, 4.69) is 0 Å². The van der Waals surface area contributed by atoms with Crippen molar-refractivity contribution < 1.29 is 4.92 Å². The predicted molar refractivity (Wildman–Crippen MR) is 59.3 cm³/mol. The zero-order chi connectivity index (χ0) is 11.2. The third-order valence-electron chi connectivity index (χ3n) is 3.37. The van der Waals surface area contributed by atoms with Crippen LogP contribution in [0.1, 0.15) is 41.0 Å². The van der Waals surface area contributed by atoms with Crippen LogP contribution >= 0.6 is 0 Å². The number of rotatable bonds is 2. The number of nitro benzene ring substituents is 1. The van der Waals surface area contributed by atoms with Gasteiger partial charge in [-0.1, -0.05) is 0 Å². The highest BCUT2D eigenvalue weighted by atomic mass is 16.6. The van der Waals surface area contributed by atoms with Gasteiger partial charge in [-0.2, -0.15) is 0 Å². The van der Waals surface area contributed by atoms with Gasteiger partial charge in [0.2, 0.25) is 0 Å². The maximum atomic E-state index is 11.0. The Bertz CT molecular complexity index is 434. The molecule has 0 aromatic heterocycles. The summed E-state index contributed by atoms with van der Waals surface area (Å²) in [6.07, 6.45) is 2.20. The molecule has 1 aromatic rings. The Balaban J connectivity index is 2.67. The predicted octanol–water partition coefficient (Wildman–Crippen LogP) is 3.40. The molecule has 0 aliphatic heterocycles. The maximum absolute atomic E-state index is 11.0. The molecular weight excluding hydrogens is 190 g/mol. The smallest absolute Gasteiger partial charge is 0.258 e. The van der Waals surface area contributed by atoms with Crippen molar-refractivity contribution in [3.05, 3.63) is 38.4 Å². The van der Waals surface area contributed by atoms with Gasteiger partial charge in [-0.25, -0.2) is 0 Å². The van der Waals surface area contributed by atoms with Crippen molar-refractivity contribution in [2.24, 2.45) is 0 Å². The van der Waals surface area contributed by atoms with Crippen LogP contribution in [0.5, 0.6) is 0 Å².